The fraction of sp³-hybridized carbons (Fsp3) is 0.333. The highest BCUT2D eigenvalue weighted by Gasteiger charge is 2.19. The standard InChI is InChI=1S/C21H23ClN4O2/c1-27-19-7-5-16(6-8-19)14-25-9-11-26(12-10-25)15-20-23-21(24-28-20)17-3-2-4-18(22)13-17/h2-8,13H,9-12,14-15H2,1H3. The summed E-state index contributed by atoms with van der Waals surface area (Å²) in [5.41, 5.74) is 2.17. The van der Waals surface area contributed by atoms with E-state index in [1.54, 1.807) is 7.11 Å². The van der Waals surface area contributed by atoms with E-state index in [0.717, 1.165) is 44.0 Å². The van der Waals surface area contributed by atoms with Gasteiger partial charge in [-0.2, -0.15) is 4.98 Å². The fourth-order valence-corrected chi connectivity index (χ4v) is 3.54. The minimum Gasteiger partial charge on any atom is -0.497 e. The van der Waals surface area contributed by atoms with Crippen LogP contribution in [0.2, 0.25) is 5.02 Å². The predicted octanol–water partition coefficient (Wildman–Crippen LogP) is 3.72. The average Bonchev–Trinajstić information content (AvgIpc) is 3.19. The van der Waals surface area contributed by atoms with Gasteiger partial charge in [0, 0.05) is 43.3 Å². The van der Waals surface area contributed by atoms with Crippen LogP contribution in [0.4, 0.5) is 0 Å². The highest BCUT2D eigenvalue weighted by atomic mass is 35.5. The third-order valence-electron chi connectivity index (χ3n) is 4.94. The molecule has 1 aliphatic heterocycles. The zero-order chi connectivity index (χ0) is 19.3. The first kappa shape index (κ1) is 18.9. The second-order valence-corrected chi connectivity index (χ2v) is 7.36. The molecule has 2 heterocycles. The first-order valence-corrected chi connectivity index (χ1v) is 9.73. The summed E-state index contributed by atoms with van der Waals surface area (Å²) >= 11 is 6.04. The van der Waals surface area contributed by atoms with Gasteiger partial charge in [-0.1, -0.05) is 41.0 Å². The number of nitrogens with zero attached hydrogens (tertiary/aromatic N) is 4. The Morgan fingerprint density at radius 3 is 2.39 bits per heavy atom. The second-order valence-electron chi connectivity index (χ2n) is 6.92. The molecule has 4 rings (SSSR count). The lowest BCUT2D eigenvalue weighted by atomic mass is 10.2. The number of piperazine rings is 1. The molecule has 1 aromatic heterocycles. The number of aromatic nitrogens is 2. The van der Waals surface area contributed by atoms with Crippen LogP contribution >= 0.6 is 11.6 Å². The molecule has 28 heavy (non-hydrogen) atoms. The Morgan fingerprint density at radius 1 is 1.00 bits per heavy atom. The van der Waals surface area contributed by atoms with Crippen molar-refractivity contribution in [3.05, 3.63) is 65.0 Å². The maximum absolute atomic E-state index is 6.04. The molecular weight excluding hydrogens is 376 g/mol. The van der Waals surface area contributed by atoms with Gasteiger partial charge in [0.15, 0.2) is 0 Å². The Balaban J connectivity index is 1.28. The van der Waals surface area contributed by atoms with E-state index in [4.69, 9.17) is 20.9 Å². The number of hydrogen-bond donors (Lipinski definition) is 0. The molecule has 2 aromatic carbocycles. The Kier molecular flexibility index (Phi) is 5.90. The number of rotatable bonds is 6. The van der Waals surface area contributed by atoms with E-state index in [9.17, 15) is 0 Å². The molecule has 1 fully saturated rings. The van der Waals surface area contributed by atoms with Crippen molar-refractivity contribution in [1.82, 2.24) is 19.9 Å². The summed E-state index contributed by atoms with van der Waals surface area (Å²) in [6.07, 6.45) is 0. The van der Waals surface area contributed by atoms with Crippen LogP contribution in [0.1, 0.15) is 11.5 Å². The maximum atomic E-state index is 6.04. The van der Waals surface area contributed by atoms with Crippen LogP contribution in [-0.4, -0.2) is 53.2 Å². The molecule has 0 aliphatic carbocycles. The number of methoxy groups -OCH3 is 1. The van der Waals surface area contributed by atoms with E-state index in [1.165, 1.54) is 5.56 Å². The molecule has 146 valence electrons. The van der Waals surface area contributed by atoms with Gasteiger partial charge < -0.3 is 9.26 Å². The second kappa shape index (κ2) is 8.73. The van der Waals surface area contributed by atoms with E-state index in [2.05, 4.69) is 32.1 Å². The van der Waals surface area contributed by atoms with Crippen molar-refractivity contribution in [3.8, 4) is 17.1 Å². The molecule has 7 heteroatoms. The molecule has 0 atom stereocenters. The Labute approximate surface area is 169 Å². The first-order valence-electron chi connectivity index (χ1n) is 9.36. The zero-order valence-electron chi connectivity index (χ0n) is 15.8. The summed E-state index contributed by atoms with van der Waals surface area (Å²) < 4.78 is 10.7. The molecule has 3 aromatic rings. The topological polar surface area (TPSA) is 54.6 Å². The highest BCUT2D eigenvalue weighted by molar-refractivity contribution is 6.30. The minimum absolute atomic E-state index is 0.579. The molecule has 0 amide bonds. The Hall–Kier alpha value is -2.41. The number of halogens is 1. The van der Waals surface area contributed by atoms with Gasteiger partial charge in [0.05, 0.1) is 13.7 Å². The van der Waals surface area contributed by atoms with Gasteiger partial charge in [0.2, 0.25) is 11.7 Å². The predicted molar refractivity (Wildman–Crippen MR) is 108 cm³/mol. The van der Waals surface area contributed by atoms with Crippen LogP contribution in [0, 0.1) is 0 Å². The summed E-state index contributed by atoms with van der Waals surface area (Å²) in [6.45, 7) is 5.61. The molecule has 0 saturated carbocycles. The number of ether oxygens (including phenoxy) is 1. The van der Waals surface area contributed by atoms with Crippen molar-refractivity contribution in [3.63, 3.8) is 0 Å². The van der Waals surface area contributed by atoms with E-state index in [-0.39, 0.29) is 0 Å². The quantitative estimate of drug-likeness (QED) is 0.630. The van der Waals surface area contributed by atoms with Crippen LogP contribution < -0.4 is 4.74 Å². The summed E-state index contributed by atoms with van der Waals surface area (Å²) in [6, 6.07) is 15.8. The van der Waals surface area contributed by atoms with Crippen molar-refractivity contribution >= 4 is 11.6 Å². The number of hydrogen-bond acceptors (Lipinski definition) is 6. The van der Waals surface area contributed by atoms with E-state index in [0.29, 0.717) is 23.3 Å². The maximum Gasteiger partial charge on any atom is 0.241 e. The lowest BCUT2D eigenvalue weighted by Crippen LogP contribution is -2.45. The van der Waals surface area contributed by atoms with Gasteiger partial charge in [-0.05, 0) is 29.8 Å². The van der Waals surface area contributed by atoms with Gasteiger partial charge >= 0.3 is 0 Å². The van der Waals surface area contributed by atoms with E-state index < -0.39 is 0 Å². The van der Waals surface area contributed by atoms with Crippen molar-refractivity contribution in [2.45, 2.75) is 13.1 Å². The summed E-state index contributed by atoms with van der Waals surface area (Å²) in [4.78, 5) is 9.32. The molecular formula is C21H23ClN4O2. The molecule has 0 N–H and O–H groups in total. The summed E-state index contributed by atoms with van der Waals surface area (Å²) in [5.74, 6) is 2.11. The lowest BCUT2D eigenvalue weighted by molar-refractivity contribution is 0.112. The molecule has 0 bridgehead atoms. The van der Waals surface area contributed by atoms with Gasteiger partial charge in [-0.25, -0.2) is 0 Å². The van der Waals surface area contributed by atoms with Crippen LogP contribution in [0.5, 0.6) is 5.75 Å². The molecule has 6 nitrogen and oxygen atoms in total. The molecule has 1 aliphatic rings. The van der Waals surface area contributed by atoms with Gasteiger partial charge in [0.25, 0.3) is 0 Å². The third-order valence-corrected chi connectivity index (χ3v) is 5.18. The van der Waals surface area contributed by atoms with Gasteiger partial charge in [-0.15, -0.1) is 0 Å². The molecule has 1 saturated heterocycles. The lowest BCUT2D eigenvalue weighted by Gasteiger charge is -2.33. The largest absolute Gasteiger partial charge is 0.497 e. The normalized spacial score (nSPS) is 15.6. The van der Waals surface area contributed by atoms with Crippen molar-refractivity contribution in [2.75, 3.05) is 33.3 Å². The fourth-order valence-electron chi connectivity index (χ4n) is 3.35. The monoisotopic (exact) mass is 398 g/mol. The average molecular weight is 399 g/mol. The third kappa shape index (κ3) is 4.70. The first-order chi connectivity index (χ1) is 13.7. The summed E-state index contributed by atoms with van der Waals surface area (Å²) in [7, 11) is 1.69. The van der Waals surface area contributed by atoms with Crippen LogP contribution in [-0.2, 0) is 13.1 Å². The Bertz CT molecular complexity index is 905. The van der Waals surface area contributed by atoms with Crippen LogP contribution in [0.15, 0.2) is 53.1 Å². The number of benzene rings is 2. The highest BCUT2D eigenvalue weighted by Crippen LogP contribution is 2.20. The van der Waals surface area contributed by atoms with Gasteiger partial charge in [-0.3, -0.25) is 9.80 Å². The Morgan fingerprint density at radius 2 is 1.71 bits per heavy atom. The van der Waals surface area contributed by atoms with Crippen molar-refractivity contribution in [2.24, 2.45) is 0 Å². The van der Waals surface area contributed by atoms with E-state index >= 15 is 0 Å². The van der Waals surface area contributed by atoms with Gasteiger partial charge in [0.1, 0.15) is 5.75 Å². The van der Waals surface area contributed by atoms with E-state index in [1.807, 2.05) is 36.4 Å². The molecule has 0 spiro atoms. The summed E-state index contributed by atoms with van der Waals surface area (Å²) in [5, 5.41) is 4.75. The smallest absolute Gasteiger partial charge is 0.241 e. The van der Waals surface area contributed by atoms with Crippen molar-refractivity contribution in [1.29, 1.82) is 0 Å². The SMILES string of the molecule is COc1ccc(CN2CCN(Cc3nc(-c4cccc(Cl)c4)no3)CC2)cc1. The molecule has 0 radical (unpaired) electrons. The van der Waals surface area contributed by atoms with Crippen molar-refractivity contribution < 1.29 is 9.26 Å². The molecule has 0 unspecified atom stereocenters. The zero-order valence-corrected chi connectivity index (χ0v) is 16.6. The van der Waals surface area contributed by atoms with Crippen LogP contribution in [0.25, 0.3) is 11.4 Å². The minimum atomic E-state index is 0.579. The van der Waals surface area contributed by atoms with Crippen LogP contribution in [0.3, 0.4) is 0 Å².